The summed E-state index contributed by atoms with van der Waals surface area (Å²) in [6.45, 7) is 1.35. The Kier molecular flexibility index (Phi) is 11.1. The van der Waals surface area contributed by atoms with Gasteiger partial charge in [0.15, 0.2) is 11.5 Å². The molecule has 0 heterocycles. The number of hydrogen-bond donors (Lipinski definition) is 1. The standard InChI is InChI=1S/C34H36ClN3O6S/c1-24-10-16-28(17-11-24)38(45(41,42)29-18-19-31(43-3)32(21-29)44-4)23-33(39)37(22-26-12-14-27(35)15-13-26)30(34(40)36-2)20-25-8-6-5-7-9-25/h5-19,21,30H,20,22-23H2,1-4H3,(H,36,40)/t30-/m0/s1. The fourth-order valence-electron chi connectivity index (χ4n) is 4.85. The first-order valence-electron chi connectivity index (χ1n) is 14.2. The van der Waals surface area contributed by atoms with Crippen LogP contribution in [0.3, 0.4) is 0 Å². The molecule has 4 rings (SSSR count). The first-order chi connectivity index (χ1) is 21.6. The van der Waals surface area contributed by atoms with Crippen molar-refractivity contribution in [1.29, 1.82) is 0 Å². The van der Waals surface area contributed by atoms with E-state index in [2.05, 4.69) is 5.32 Å². The van der Waals surface area contributed by atoms with Crippen molar-refractivity contribution < 1.29 is 27.5 Å². The molecule has 0 aliphatic heterocycles. The molecule has 0 fully saturated rings. The molecule has 0 aromatic heterocycles. The SMILES string of the molecule is CNC(=O)[C@H](Cc1ccccc1)N(Cc1ccc(Cl)cc1)C(=O)CN(c1ccc(C)cc1)S(=O)(=O)c1ccc(OC)c(OC)c1. The first-order valence-corrected chi connectivity index (χ1v) is 16.0. The molecule has 236 valence electrons. The van der Waals surface area contributed by atoms with E-state index < -0.39 is 28.5 Å². The number of hydrogen-bond acceptors (Lipinski definition) is 6. The Labute approximate surface area is 269 Å². The summed E-state index contributed by atoms with van der Waals surface area (Å²) in [5.74, 6) is -0.372. The third kappa shape index (κ3) is 8.14. The third-order valence-electron chi connectivity index (χ3n) is 7.33. The van der Waals surface area contributed by atoms with E-state index in [1.807, 2.05) is 37.3 Å². The minimum Gasteiger partial charge on any atom is -0.493 e. The van der Waals surface area contributed by atoms with Crippen LogP contribution in [0.2, 0.25) is 5.02 Å². The van der Waals surface area contributed by atoms with Gasteiger partial charge in [-0.15, -0.1) is 0 Å². The van der Waals surface area contributed by atoms with Gasteiger partial charge in [-0.25, -0.2) is 8.42 Å². The molecule has 11 heteroatoms. The molecule has 45 heavy (non-hydrogen) atoms. The van der Waals surface area contributed by atoms with Gasteiger partial charge in [0.05, 0.1) is 24.8 Å². The second kappa shape index (κ2) is 15.0. The van der Waals surface area contributed by atoms with Gasteiger partial charge in [-0.05, 0) is 54.4 Å². The van der Waals surface area contributed by atoms with Gasteiger partial charge in [0.1, 0.15) is 12.6 Å². The summed E-state index contributed by atoms with van der Waals surface area (Å²) in [5.41, 5.74) is 2.77. The fraction of sp³-hybridized carbons (Fsp3) is 0.235. The molecule has 0 spiro atoms. The number of amides is 2. The van der Waals surface area contributed by atoms with E-state index in [0.717, 1.165) is 21.0 Å². The summed E-state index contributed by atoms with van der Waals surface area (Å²) < 4.78 is 40.2. The summed E-state index contributed by atoms with van der Waals surface area (Å²) in [6, 6.07) is 26.4. The van der Waals surface area contributed by atoms with E-state index in [1.165, 1.54) is 44.4 Å². The average Bonchev–Trinajstić information content (AvgIpc) is 3.06. The fourth-order valence-corrected chi connectivity index (χ4v) is 6.41. The molecule has 0 aliphatic carbocycles. The highest BCUT2D eigenvalue weighted by Crippen LogP contribution is 2.32. The zero-order chi connectivity index (χ0) is 32.6. The lowest BCUT2D eigenvalue weighted by molar-refractivity contribution is -0.139. The van der Waals surface area contributed by atoms with E-state index in [4.69, 9.17) is 21.1 Å². The van der Waals surface area contributed by atoms with Crippen LogP contribution in [0.15, 0.2) is 102 Å². The maximum absolute atomic E-state index is 14.4. The van der Waals surface area contributed by atoms with Crippen molar-refractivity contribution in [1.82, 2.24) is 10.2 Å². The number of rotatable bonds is 13. The number of carbonyl (C=O) groups is 2. The Morgan fingerprint density at radius 3 is 2.09 bits per heavy atom. The maximum Gasteiger partial charge on any atom is 0.264 e. The van der Waals surface area contributed by atoms with Gasteiger partial charge in [0.2, 0.25) is 11.8 Å². The molecule has 0 bridgehead atoms. The van der Waals surface area contributed by atoms with Gasteiger partial charge in [-0.2, -0.15) is 0 Å². The number of anilines is 1. The zero-order valence-corrected chi connectivity index (χ0v) is 27.1. The Balaban J connectivity index is 1.80. The molecule has 9 nitrogen and oxygen atoms in total. The highest BCUT2D eigenvalue weighted by Gasteiger charge is 2.34. The smallest absolute Gasteiger partial charge is 0.264 e. The van der Waals surface area contributed by atoms with Gasteiger partial charge < -0.3 is 19.7 Å². The zero-order valence-electron chi connectivity index (χ0n) is 25.6. The molecule has 4 aromatic rings. The Morgan fingerprint density at radius 2 is 1.49 bits per heavy atom. The van der Waals surface area contributed by atoms with E-state index in [9.17, 15) is 18.0 Å². The lowest BCUT2D eigenvalue weighted by Crippen LogP contribution is -2.53. The van der Waals surface area contributed by atoms with Gasteiger partial charge in [-0.3, -0.25) is 13.9 Å². The lowest BCUT2D eigenvalue weighted by atomic mass is 10.0. The van der Waals surface area contributed by atoms with Gasteiger partial charge in [0, 0.05) is 31.1 Å². The number of methoxy groups -OCH3 is 2. The summed E-state index contributed by atoms with van der Waals surface area (Å²) in [4.78, 5) is 29.1. The normalized spacial score (nSPS) is 11.8. The van der Waals surface area contributed by atoms with Crippen LogP contribution in [0, 0.1) is 6.92 Å². The molecule has 0 radical (unpaired) electrons. The van der Waals surface area contributed by atoms with Crippen LogP contribution in [0.25, 0.3) is 0 Å². The highest BCUT2D eigenvalue weighted by atomic mass is 35.5. The molecule has 0 aliphatic rings. The maximum atomic E-state index is 14.4. The van der Waals surface area contributed by atoms with Crippen molar-refractivity contribution in [3.05, 3.63) is 119 Å². The van der Waals surface area contributed by atoms with Crippen molar-refractivity contribution in [2.75, 3.05) is 32.1 Å². The number of sulfonamides is 1. The Morgan fingerprint density at radius 1 is 0.844 bits per heavy atom. The van der Waals surface area contributed by atoms with Crippen LogP contribution in [-0.4, -0.2) is 59.0 Å². The van der Waals surface area contributed by atoms with E-state index in [0.29, 0.717) is 10.8 Å². The summed E-state index contributed by atoms with van der Waals surface area (Å²) in [6.07, 6.45) is 0.215. The third-order valence-corrected chi connectivity index (χ3v) is 9.35. The minimum atomic E-state index is -4.31. The molecule has 1 N–H and O–H groups in total. The summed E-state index contributed by atoms with van der Waals surface area (Å²) >= 11 is 6.12. The molecule has 0 unspecified atom stereocenters. The number of aryl methyl sites for hydroxylation is 1. The number of nitrogens with one attached hydrogen (secondary N) is 1. The van der Waals surface area contributed by atoms with Crippen LogP contribution in [0.4, 0.5) is 5.69 Å². The summed E-state index contributed by atoms with van der Waals surface area (Å²) in [5, 5.41) is 3.20. The van der Waals surface area contributed by atoms with Crippen molar-refractivity contribution in [2.24, 2.45) is 0 Å². The molecule has 4 aromatic carbocycles. The second-order valence-corrected chi connectivity index (χ2v) is 12.6. The van der Waals surface area contributed by atoms with Crippen molar-refractivity contribution >= 4 is 39.1 Å². The monoisotopic (exact) mass is 649 g/mol. The predicted molar refractivity (Wildman–Crippen MR) is 175 cm³/mol. The Bertz CT molecular complexity index is 1720. The number of likely N-dealkylation sites (N-methyl/N-ethyl adjacent to an activating group) is 1. The number of carbonyl (C=O) groups excluding carboxylic acids is 2. The number of nitrogens with zero attached hydrogens (tertiary/aromatic N) is 2. The van der Waals surface area contributed by atoms with Gasteiger partial charge in [0.25, 0.3) is 10.0 Å². The molecule has 0 saturated carbocycles. The molecular weight excluding hydrogens is 614 g/mol. The lowest BCUT2D eigenvalue weighted by Gasteiger charge is -2.33. The first kappa shape index (κ1) is 33.4. The van der Waals surface area contributed by atoms with Crippen LogP contribution in [-0.2, 0) is 32.6 Å². The molecular formula is C34H36ClN3O6S. The number of halogens is 1. The average molecular weight is 650 g/mol. The summed E-state index contributed by atoms with van der Waals surface area (Å²) in [7, 11) is 0.0634. The van der Waals surface area contributed by atoms with E-state index in [1.54, 1.807) is 48.5 Å². The van der Waals surface area contributed by atoms with Crippen molar-refractivity contribution in [2.45, 2.75) is 30.8 Å². The van der Waals surface area contributed by atoms with Crippen molar-refractivity contribution in [3.63, 3.8) is 0 Å². The Hall–Kier alpha value is -4.54. The van der Waals surface area contributed by atoms with Crippen LogP contribution < -0.4 is 19.1 Å². The van der Waals surface area contributed by atoms with Gasteiger partial charge in [-0.1, -0.05) is 71.8 Å². The highest BCUT2D eigenvalue weighted by molar-refractivity contribution is 7.92. The van der Waals surface area contributed by atoms with Crippen LogP contribution in [0.1, 0.15) is 16.7 Å². The predicted octanol–water partition coefficient (Wildman–Crippen LogP) is 5.25. The largest absolute Gasteiger partial charge is 0.493 e. The van der Waals surface area contributed by atoms with E-state index in [-0.39, 0.29) is 35.2 Å². The van der Waals surface area contributed by atoms with Crippen LogP contribution >= 0.6 is 11.6 Å². The quantitative estimate of drug-likeness (QED) is 0.212. The molecule has 1 atom stereocenters. The number of ether oxygens (including phenoxy) is 2. The topological polar surface area (TPSA) is 105 Å². The minimum absolute atomic E-state index is 0.0407. The second-order valence-electron chi connectivity index (χ2n) is 10.3. The van der Waals surface area contributed by atoms with Crippen LogP contribution in [0.5, 0.6) is 11.5 Å². The molecule has 2 amide bonds. The number of benzene rings is 4. The van der Waals surface area contributed by atoms with Gasteiger partial charge >= 0.3 is 0 Å². The van der Waals surface area contributed by atoms with Crippen molar-refractivity contribution in [3.8, 4) is 11.5 Å². The van der Waals surface area contributed by atoms with E-state index >= 15 is 0 Å². The molecule has 0 saturated heterocycles.